The van der Waals surface area contributed by atoms with Gasteiger partial charge in [-0.3, -0.25) is 14.4 Å². The Labute approximate surface area is 201 Å². The molecule has 1 saturated carbocycles. The van der Waals surface area contributed by atoms with Crippen LogP contribution in [0.4, 0.5) is 0 Å². The van der Waals surface area contributed by atoms with E-state index in [0.29, 0.717) is 47.1 Å². The van der Waals surface area contributed by atoms with E-state index in [4.69, 9.17) is 16.3 Å². The largest absolute Gasteiger partial charge is 0.494 e. The maximum Gasteiger partial charge on any atom is 0.287 e. The zero-order valence-electron chi connectivity index (χ0n) is 18.8. The number of aromatic nitrogens is 2. The lowest BCUT2D eigenvalue weighted by Crippen LogP contribution is -2.50. The van der Waals surface area contributed by atoms with Gasteiger partial charge in [-0.1, -0.05) is 24.4 Å². The van der Waals surface area contributed by atoms with Crippen LogP contribution >= 0.6 is 11.6 Å². The number of fused-ring (bicyclic) bond motifs is 1. The lowest BCUT2D eigenvalue weighted by atomic mass is 9.92. The van der Waals surface area contributed by atoms with Gasteiger partial charge in [0.25, 0.3) is 5.91 Å². The molecule has 2 aliphatic rings. The summed E-state index contributed by atoms with van der Waals surface area (Å²) in [5.41, 5.74) is 0.878. The lowest BCUT2D eigenvalue weighted by molar-refractivity contribution is -0.128. The van der Waals surface area contributed by atoms with Crippen molar-refractivity contribution in [1.82, 2.24) is 25.9 Å². The van der Waals surface area contributed by atoms with Gasteiger partial charge in [0.05, 0.1) is 23.7 Å². The molecule has 0 bridgehead atoms. The number of halogens is 1. The Morgan fingerprint density at radius 2 is 2.09 bits per heavy atom. The quantitative estimate of drug-likeness (QED) is 0.426. The topological polar surface area (TPSA) is 149 Å². The van der Waals surface area contributed by atoms with Crippen LogP contribution in [-0.2, 0) is 9.59 Å². The number of piperidine rings is 1. The number of carbonyl (C=O) groups is 3. The molecule has 180 valence electrons. The van der Waals surface area contributed by atoms with Gasteiger partial charge >= 0.3 is 0 Å². The number of imidazole rings is 1. The first-order valence-corrected chi connectivity index (χ1v) is 11.8. The molecule has 1 aliphatic heterocycles. The molecule has 2 fully saturated rings. The van der Waals surface area contributed by atoms with Crippen molar-refractivity contribution < 1.29 is 19.1 Å². The molecule has 11 heteroatoms. The number of carbonyl (C=O) groups excluding carboxylic acids is 3. The fraction of sp³-hybridized carbons (Fsp3) is 0.522. The molecule has 1 aromatic heterocycles. The van der Waals surface area contributed by atoms with Crippen LogP contribution in [0.1, 0.15) is 49.1 Å². The summed E-state index contributed by atoms with van der Waals surface area (Å²) in [6.07, 6.45) is 4.20. The summed E-state index contributed by atoms with van der Waals surface area (Å²) < 4.78 is 5.29. The average Bonchev–Trinajstić information content (AvgIpc) is 3.53. The van der Waals surface area contributed by atoms with Crippen molar-refractivity contribution in [3.05, 3.63) is 23.0 Å². The summed E-state index contributed by atoms with van der Waals surface area (Å²) in [7, 11) is 1.50. The molecule has 0 unspecified atom stereocenters. The Balaban J connectivity index is 1.46. The fourth-order valence-electron chi connectivity index (χ4n) is 4.21. The second-order valence-electron chi connectivity index (χ2n) is 8.82. The van der Waals surface area contributed by atoms with Gasteiger partial charge in [-0.2, -0.15) is 5.26 Å². The van der Waals surface area contributed by atoms with Crippen molar-refractivity contribution in [2.75, 3.05) is 13.7 Å². The summed E-state index contributed by atoms with van der Waals surface area (Å²) in [6.45, 7) is 0.632. The molecule has 2 heterocycles. The number of nitriles is 1. The number of H-pyrrole nitrogens is 1. The van der Waals surface area contributed by atoms with Crippen LogP contribution in [0.5, 0.6) is 5.75 Å². The lowest BCUT2D eigenvalue weighted by Gasteiger charge is -2.25. The monoisotopic (exact) mass is 486 g/mol. The molecular formula is C23H27ClN6O4. The first-order chi connectivity index (χ1) is 16.4. The first kappa shape index (κ1) is 23.8. The highest BCUT2D eigenvalue weighted by atomic mass is 35.5. The number of nitrogens with zero attached hydrogens (tertiary/aromatic N) is 2. The number of amides is 3. The molecule has 0 radical (unpaired) electrons. The summed E-state index contributed by atoms with van der Waals surface area (Å²) in [4.78, 5) is 45.3. The minimum atomic E-state index is -0.832. The molecule has 1 saturated heterocycles. The molecule has 4 N–H and O–H groups in total. The number of benzene rings is 1. The predicted molar refractivity (Wildman–Crippen MR) is 124 cm³/mol. The molecule has 10 nitrogen and oxygen atoms in total. The summed E-state index contributed by atoms with van der Waals surface area (Å²) in [5, 5.41) is 18.2. The van der Waals surface area contributed by atoms with Crippen LogP contribution in [0, 0.1) is 23.2 Å². The summed E-state index contributed by atoms with van der Waals surface area (Å²) >= 11 is 6.22. The first-order valence-electron chi connectivity index (χ1n) is 11.4. The molecule has 1 aromatic carbocycles. The van der Waals surface area contributed by atoms with Crippen LogP contribution in [0.25, 0.3) is 11.0 Å². The van der Waals surface area contributed by atoms with Crippen LogP contribution in [-0.4, -0.2) is 53.4 Å². The zero-order valence-corrected chi connectivity index (χ0v) is 19.6. The van der Waals surface area contributed by atoms with E-state index in [2.05, 4.69) is 32.0 Å². The average molecular weight is 487 g/mol. The minimum absolute atomic E-state index is 0.00528. The molecule has 4 rings (SSSR count). The van der Waals surface area contributed by atoms with Gasteiger partial charge in [0, 0.05) is 12.5 Å². The van der Waals surface area contributed by atoms with E-state index in [1.807, 2.05) is 0 Å². The van der Waals surface area contributed by atoms with E-state index in [1.54, 1.807) is 12.1 Å². The van der Waals surface area contributed by atoms with Crippen molar-refractivity contribution in [2.24, 2.45) is 11.8 Å². The fourth-order valence-corrected chi connectivity index (χ4v) is 4.41. The third-order valence-electron chi connectivity index (χ3n) is 6.27. The summed E-state index contributed by atoms with van der Waals surface area (Å²) in [6, 6.07) is 3.72. The standard InChI is InChI=1S/C23H27ClN6O4/c1-34-17-7-6-15(24)18-19(17)30-20(29-18)23(33)28-16(9-12-4-5-12)22(32)27-14(11-25)10-13-3-2-8-26-21(13)31/h6-7,12-14,16H,2-5,8-10H2,1H3,(H,26,31)(H,27,32)(H,28,33)(H,29,30)/t13-,14-,16-/m0/s1. The Morgan fingerprint density at radius 1 is 1.29 bits per heavy atom. The van der Waals surface area contributed by atoms with Gasteiger partial charge < -0.3 is 25.7 Å². The van der Waals surface area contributed by atoms with Crippen LogP contribution in [0.2, 0.25) is 5.02 Å². The number of ether oxygens (including phenoxy) is 1. The second-order valence-corrected chi connectivity index (χ2v) is 9.23. The van der Waals surface area contributed by atoms with Gasteiger partial charge in [-0.05, 0) is 43.7 Å². The highest BCUT2D eigenvalue weighted by molar-refractivity contribution is 6.35. The van der Waals surface area contributed by atoms with Crippen molar-refractivity contribution in [2.45, 2.75) is 50.6 Å². The Bertz CT molecular complexity index is 1140. The highest BCUT2D eigenvalue weighted by Crippen LogP contribution is 2.34. The van der Waals surface area contributed by atoms with E-state index in [9.17, 15) is 19.6 Å². The van der Waals surface area contributed by atoms with E-state index in [0.717, 1.165) is 19.3 Å². The molecule has 3 atom stereocenters. The normalized spacial score (nSPS) is 19.6. The maximum atomic E-state index is 13.0. The Hall–Kier alpha value is -3.32. The molecule has 34 heavy (non-hydrogen) atoms. The van der Waals surface area contributed by atoms with Crippen molar-refractivity contribution in [3.63, 3.8) is 0 Å². The Kier molecular flexibility index (Phi) is 7.22. The summed E-state index contributed by atoms with van der Waals surface area (Å²) in [5.74, 6) is -0.611. The van der Waals surface area contributed by atoms with Gasteiger partial charge in [0.2, 0.25) is 11.8 Å². The second kappa shape index (κ2) is 10.3. The number of rotatable bonds is 9. The van der Waals surface area contributed by atoms with E-state index < -0.39 is 23.9 Å². The van der Waals surface area contributed by atoms with E-state index in [-0.39, 0.29) is 24.1 Å². The van der Waals surface area contributed by atoms with Gasteiger partial charge in [0.15, 0.2) is 5.82 Å². The van der Waals surface area contributed by atoms with E-state index >= 15 is 0 Å². The van der Waals surface area contributed by atoms with Gasteiger partial charge in [-0.15, -0.1) is 0 Å². The number of hydrogen-bond donors (Lipinski definition) is 4. The van der Waals surface area contributed by atoms with Crippen molar-refractivity contribution in [3.8, 4) is 11.8 Å². The van der Waals surface area contributed by atoms with Crippen LogP contribution in [0.3, 0.4) is 0 Å². The SMILES string of the molecule is COc1ccc(Cl)c2[nH]c(C(=O)N[C@@H](CC3CC3)C(=O)N[C@H](C#N)C[C@@H]3CCCNC3=O)nc12. The Morgan fingerprint density at radius 3 is 2.76 bits per heavy atom. The smallest absolute Gasteiger partial charge is 0.287 e. The van der Waals surface area contributed by atoms with Crippen molar-refractivity contribution >= 4 is 40.4 Å². The zero-order chi connectivity index (χ0) is 24.2. The number of aromatic amines is 1. The minimum Gasteiger partial charge on any atom is -0.494 e. The number of nitrogens with one attached hydrogen (secondary N) is 4. The highest BCUT2D eigenvalue weighted by Gasteiger charge is 2.33. The molecule has 2 aromatic rings. The maximum absolute atomic E-state index is 13.0. The third kappa shape index (κ3) is 5.42. The van der Waals surface area contributed by atoms with Crippen LogP contribution < -0.4 is 20.7 Å². The van der Waals surface area contributed by atoms with Gasteiger partial charge in [0.1, 0.15) is 23.3 Å². The molecular weight excluding hydrogens is 460 g/mol. The number of methoxy groups -OCH3 is 1. The van der Waals surface area contributed by atoms with Gasteiger partial charge in [-0.25, -0.2) is 4.98 Å². The van der Waals surface area contributed by atoms with E-state index in [1.165, 1.54) is 7.11 Å². The molecule has 1 aliphatic carbocycles. The molecule has 3 amide bonds. The van der Waals surface area contributed by atoms with Crippen LogP contribution in [0.15, 0.2) is 12.1 Å². The van der Waals surface area contributed by atoms with Crippen molar-refractivity contribution in [1.29, 1.82) is 5.26 Å². The molecule has 0 spiro atoms. The number of hydrogen-bond acceptors (Lipinski definition) is 6. The predicted octanol–water partition coefficient (Wildman–Crippen LogP) is 2.05. The third-order valence-corrected chi connectivity index (χ3v) is 6.59.